The Morgan fingerprint density at radius 1 is 1.31 bits per heavy atom. The second-order valence-corrected chi connectivity index (χ2v) is 4.22. The maximum Gasteiger partial charge on any atom is 0.246 e. The molecule has 4 heteroatoms. The number of ether oxygens (including phenoxy) is 2. The molecule has 1 spiro atoms. The van der Waals surface area contributed by atoms with Crippen molar-refractivity contribution < 1.29 is 14.3 Å². The third kappa shape index (κ3) is 1.38. The molecule has 0 saturated carbocycles. The summed E-state index contributed by atoms with van der Waals surface area (Å²) in [4.78, 5) is 11.5. The van der Waals surface area contributed by atoms with Crippen molar-refractivity contribution in [1.29, 1.82) is 0 Å². The van der Waals surface area contributed by atoms with Gasteiger partial charge in [-0.1, -0.05) is 18.2 Å². The van der Waals surface area contributed by atoms with E-state index < -0.39 is 0 Å². The average Bonchev–Trinajstić information content (AvgIpc) is 2.30. The van der Waals surface area contributed by atoms with E-state index in [4.69, 9.17) is 9.47 Å². The van der Waals surface area contributed by atoms with E-state index in [-0.39, 0.29) is 18.1 Å². The van der Waals surface area contributed by atoms with Gasteiger partial charge in [-0.05, 0) is 6.07 Å². The van der Waals surface area contributed by atoms with Crippen molar-refractivity contribution in [2.75, 3.05) is 19.8 Å². The van der Waals surface area contributed by atoms with E-state index in [1.165, 1.54) is 0 Å². The molecule has 1 aromatic rings. The summed E-state index contributed by atoms with van der Waals surface area (Å²) in [6.07, 6.45) is 0.760. The quantitative estimate of drug-likeness (QED) is 0.702. The molecule has 2 aliphatic heterocycles. The molecule has 1 aromatic carbocycles. The zero-order chi connectivity index (χ0) is 11.0. The van der Waals surface area contributed by atoms with Gasteiger partial charge in [0, 0.05) is 12.0 Å². The molecule has 0 aliphatic carbocycles. The largest absolute Gasteiger partial charge is 0.493 e. The second kappa shape index (κ2) is 3.49. The smallest absolute Gasteiger partial charge is 0.246 e. The monoisotopic (exact) mass is 219 g/mol. The van der Waals surface area contributed by atoms with Gasteiger partial charge in [-0.3, -0.25) is 4.79 Å². The predicted octanol–water partition coefficient (Wildman–Crippen LogP) is 0.811. The Morgan fingerprint density at radius 2 is 2.19 bits per heavy atom. The van der Waals surface area contributed by atoms with Gasteiger partial charge in [-0.15, -0.1) is 0 Å². The molecular weight excluding hydrogens is 206 g/mol. The summed E-state index contributed by atoms with van der Waals surface area (Å²) in [5.74, 6) is 0.794. The third-order valence-corrected chi connectivity index (χ3v) is 3.15. The highest BCUT2D eigenvalue weighted by Crippen LogP contribution is 2.37. The van der Waals surface area contributed by atoms with Gasteiger partial charge >= 0.3 is 0 Å². The Hall–Kier alpha value is -1.55. The lowest BCUT2D eigenvalue weighted by Crippen LogP contribution is -2.56. The molecule has 3 rings (SSSR count). The van der Waals surface area contributed by atoms with Crippen molar-refractivity contribution in [3.05, 3.63) is 29.8 Å². The lowest BCUT2D eigenvalue weighted by atomic mass is 9.84. The average molecular weight is 219 g/mol. The Labute approximate surface area is 93.5 Å². The van der Waals surface area contributed by atoms with Crippen molar-refractivity contribution in [3.8, 4) is 5.75 Å². The Bertz CT molecular complexity index is 432. The van der Waals surface area contributed by atoms with Crippen molar-refractivity contribution in [1.82, 2.24) is 5.32 Å². The summed E-state index contributed by atoms with van der Waals surface area (Å²) in [5.41, 5.74) is 0.638. The minimum absolute atomic E-state index is 0.0528. The number of rotatable bonds is 0. The Morgan fingerprint density at radius 3 is 3.06 bits per heavy atom. The molecule has 4 nitrogen and oxygen atoms in total. The number of carbonyl (C=O) groups excluding carboxylic acids is 1. The number of hydrogen-bond donors (Lipinski definition) is 1. The molecule has 16 heavy (non-hydrogen) atoms. The number of morpholine rings is 1. The zero-order valence-corrected chi connectivity index (χ0v) is 8.86. The molecule has 2 aliphatic rings. The summed E-state index contributed by atoms with van der Waals surface area (Å²) in [6.45, 7) is 1.30. The van der Waals surface area contributed by atoms with Crippen molar-refractivity contribution in [2.45, 2.75) is 12.0 Å². The molecule has 0 bridgehead atoms. The lowest BCUT2D eigenvalue weighted by Gasteiger charge is -2.41. The maximum atomic E-state index is 11.5. The minimum Gasteiger partial charge on any atom is -0.493 e. The summed E-state index contributed by atoms with van der Waals surface area (Å²) >= 11 is 0. The highest BCUT2D eigenvalue weighted by atomic mass is 16.5. The molecule has 1 N–H and O–H groups in total. The van der Waals surface area contributed by atoms with E-state index in [0.29, 0.717) is 13.2 Å². The lowest BCUT2D eigenvalue weighted by molar-refractivity contribution is -0.136. The highest BCUT2D eigenvalue weighted by molar-refractivity contribution is 5.79. The number of hydrogen-bond acceptors (Lipinski definition) is 3. The fourth-order valence-corrected chi connectivity index (χ4v) is 2.39. The first kappa shape index (κ1) is 9.66. The number of fused-ring (bicyclic) bond motifs is 2. The Kier molecular flexibility index (Phi) is 2.11. The predicted molar refractivity (Wildman–Crippen MR) is 57.2 cm³/mol. The van der Waals surface area contributed by atoms with Crippen LogP contribution in [0.25, 0.3) is 0 Å². The first-order valence-corrected chi connectivity index (χ1v) is 5.41. The van der Waals surface area contributed by atoms with Crippen LogP contribution >= 0.6 is 0 Å². The molecule has 0 radical (unpaired) electrons. The fourth-order valence-electron chi connectivity index (χ4n) is 2.39. The highest BCUT2D eigenvalue weighted by Gasteiger charge is 2.41. The fraction of sp³-hybridized carbons (Fsp3) is 0.417. The summed E-state index contributed by atoms with van der Waals surface area (Å²) < 4.78 is 10.9. The minimum atomic E-state index is -0.385. The normalized spacial score (nSPS) is 28.1. The van der Waals surface area contributed by atoms with Crippen LogP contribution in [0.4, 0.5) is 0 Å². The van der Waals surface area contributed by atoms with Crippen LogP contribution in [0.15, 0.2) is 24.3 Å². The van der Waals surface area contributed by atoms with E-state index in [2.05, 4.69) is 5.32 Å². The van der Waals surface area contributed by atoms with Gasteiger partial charge in [-0.2, -0.15) is 0 Å². The van der Waals surface area contributed by atoms with Gasteiger partial charge in [-0.25, -0.2) is 0 Å². The molecule has 0 aromatic heterocycles. The second-order valence-electron chi connectivity index (χ2n) is 4.22. The molecule has 2 heterocycles. The first-order valence-electron chi connectivity index (χ1n) is 5.41. The van der Waals surface area contributed by atoms with Crippen LogP contribution in [-0.2, 0) is 15.1 Å². The van der Waals surface area contributed by atoms with E-state index in [9.17, 15) is 4.79 Å². The van der Waals surface area contributed by atoms with Crippen LogP contribution in [0.3, 0.4) is 0 Å². The summed E-state index contributed by atoms with van der Waals surface area (Å²) in [6, 6.07) is 7.81. The molecule has 1 amide bonds. The van der Waals surface area contributed by atoms with Gasteiger partial charge in [0.1, 0.15) is 12.4 Å². The number of nitrogens with one attached hydrogen (secondary N) is 1. The molecule has 1 fully saturated rings. The maximum absolute atomic E-state index is 11.5. The SMILES string of the molecule is O=C1COCC2(CCOc3ccccc32)N1. The standard InChI is InChI=1S/C12H13NO3/c14-11-7-15-8-12(13-11)5-6-16-10-4-2-1-3-9(10)12/h1-4H,5-8H2,(H,13,14). The van der Waals surface area contributed by atoms with Crippen molar-refractivity contribution in [3.63, 3.8) is 0 Å². The first-order chi connectivity index (χ1) is 7.80. The topological polar surface area (TPSA) is 47.6 Å². The van der Waals surface area contributed by atoms with E-state index in [1.54, 1.807) is 0 Å². The third-order valence-electron chi connectivity index (χ3n) is 3.15. The van der Waals surface area contributed by atoms with E-state index >= 15 is 0 Å². The van der Waals surface area contributed by atoms with Crippen LogP contribution < -0.4 is 10.1 Å². The van der Waals surface area contributed by atoms with E-state index in [1.807, 2.05) is 24.3 Å². The van der Waals surface area contributed by atoms with E-state index in [0.717, 1.165) is 17.7 Å². The van der Waals surface area contributed by atoms with Gasteiger partial charge < -0.3 is 14.8 Å². The molecule has 1 atom stereocenters. The van der Waals surface area contributed by atoms with Crippen molar-refractivity contribution in [2.24, 2.45) is 0 Å². The van der Waals surface area contributed by atoms with Gasteiger partial charge in [0.15, 0.2) is 0 Å². The number of para-hydroxylation sites is 1. The van der Waals surface area contributed by atoms with Gasteiger partial charge in [0.2, 0.25) is 5.91 Å². The van der Waals surface area contributed by atoms with Gasteiger partial charge in [0.25, 0.3) is 0 Å². The van der Waals surface area contributed by atoms with Crippen LogP contribution in [0, 0.1) is 0 Å². The summed E-state index contributed by atoms with van der Waals surface area (Å²) in [7, 11) is 0. The number of amides is 1. The van der Waals surface area contributed by atoms with Crippen LogP contribution in [0.5, 0.6) is 5.75 Å². The van der Waals surface area contributed by atoms with Crippen LogP contribution in [0.2, 0.25) is 0 Å². The molecule has 84 valence electrons. The Balaban J connectivity index is 2.05. The molecule has 1 saturated heterocycles. The summed E-state index contributed by atoms with van der Waals surface area (Å²) in [5, 5.41) is 3.04. The van der Waals surface area contributed by atoms with Gasteiger partial charge in [0.05, 0.1) is 18.8 Å². The molecular formula is C12H13NO3. The number of carbonyl (C=O) groups is 1. The molecule has 1 unspecified atom stereocenters. The number of benzene rings is 1. The van der Waals surface area contributed by atoms with Crippen LogP contribution in [-0.4, -0.2) is 25.7 Å². The van der Waals surface area contributed by atoms with Crippen LogP contribution in [0.1, 0.15) is 12.0 Å². The van der Waals surface area contributed by atoms with Crippen molar-refractivity contribution >= 4 is 5.91 Å². The zero-order valence-electron chi connectivity index (χ0n) is 8.86.